The lowest BCUT2D eigenvalue weighted by Crippen LogP contribution is -2.43. The molecule has 0 bridgehead atoms. The first-order chi connectivity index (χ1) is 14.1. The summed E-state index contributed by atoms with van der Waals surface area (Å²) in [5, 5.41) is 0. The number of unbranched alkanes of at least 4 members (excludes halogenated alkanes) is 3. The van der Waals surface area contributed by atoms with E-state index in [0.29, 0.717) is 18.8 Å². The van der Waals surface area contributed by atoms with Crippen molar-refractivity contribution in [3.63, 3.8) is 0 Å². The van der Waals surface area contributed by atoms with Crippen LogP contribution in [0.15, 0.2) is 30.3 Å². The van der Waals surface area contributed by atoms with E-state index >= 15 is 0 Å². The summed E-state index contributed by atoms with van der Waals surface area (Å²) in [6.07, 6.45) is 6.44. The fourth-order valence-electron chi connectivity index (χ4n) is 3.82. The van der Waals surface area contributed by atoms with Gasteiger partial charge in [-0.25, -0.2) is 0 Å². The number of morpholine rings is 1. The fraction of sp³-hybridized carbons (Fsp3) is 0.714. The molecule has 2 aliphatic heterocycles. The second-order valence-electron chi connectivity index (χ2n) is 7.81. The Bertz CT molecular complexity index is 672. The van der Waals surface area contributed by atoms with Gasteiger partial charge in [0.1, 0.15) is 0 Å². The summed E-state index contributed by atoms with van der Waals surface area (Å²) >= 11 is 0. The smallest absolute Gasteiger partial charge is 0.301 e. The molecule has 0 radical (unpaired) electrons. The number of benzene rings is 1. The Labute approximate surface area is 175 Å². The van der Waals surface area contributed by atoms with E-state index in [1.165, 1.54) is 30.1 Å². The second-order valence-corrected chi connectivity index (χ2v) is 9.48. The van der Waals surface area contributed by atoms with Gasteiger partial charge in [0.15, 0.2) is 0 Å². The highest BCUT2D eigenvalue weighted by Crippen LogP contribution is 2.19. The Kier molecular flexibility index (Phi) is 9.20. The Morgan fingerprint density at radius 2 is 1.66 bits per heavy atom. The molecular weight excluding hydrogens is 390 g/mol. The largest absolute Gasteiger partial charge is 0.379 e. The molecule has 1 aromatic carbocycles. The Balaban J connectivity index is 1.23. The van der Waals surface area contributed by atoms with Crippen molar-refractivity contribution < 1.29 is 17.9 Å². The van der Waals surface area contributed by atoms with E-state index < -0.39 is 10.2 Å². The molecule has 2 heterocycles. The standard InChI is InChI=1S/C21H35N3O4S/c25-29(26,22-20-8-4-3-5-9-20)24-13-10-21(11-14-24)28-17-7-2-1-6-12-23-15-18-27-19-16-23/h3-5,8-9,21-22H,1-2,6-7,10-19H2. The van der Waals surface area contributed by atoms with Crippen LogP contribution in [0.2, 0.25) is 0 Å². The Morgan fingerprint density at radius 1 is 0.966 bits per heavy atom. The molecule has 1 N–H and O–H groups in total. The Hall–Kier alpha value is -1.19. The van der Waals surface area contributed by atoms with Crippen molar-refractivity contribution in [3.8, 4) is 0 Å². The van der Waals surface area contributed by atoms with Crippen LogP contribution in [0.4, 0.5) is 5.69 Å². The van der Waals surface area contributed by atoms with E-state index in [0.717, 1.165) is 52.2 Å². The van der Waals surface area contributed by atoms with Gasteiger partial charge in [-0.05, 0) is 44.4 Å². The van der Waals surface area contributed by atoms with Crippen LogP contribution < -0.4 is 4.72 Å². The molecule has 7 nitrogen and oxygen atoms in total. The van der Waals surface area contributed by atoms with Crippen LogP contribution in [0.25, 0.3) is 0 Å². The second kappa shape index (κ2) is 11.9. The van der Waals surface area contributed by atoms with Crippen molar-refractivity contribution in [3.05, 3.63) is 30.3 Å². The Morgan fingerprint density at radius 3 is 2.38 bits per heavy atom. The average molecular weight is 426 g/mol. The third kappa shape index (κ3) is 7.86. The molecule has 2 fully saturated rings. The van der Waals surface area contributed by atoms with E-state index in [4.69, 9.17) is 9.47 Å². The molecule has 0 unspecified atom stereocenters. The lowest BCUT2D eigenvalue weighted by Gasteiger charge is -2.31. The van der Waals surface area contributed by atoms with Crippen molar-refractivity contribution in [1.29, 1.82) is 0 Å². The van der Waals surface area contributed by atoms with Crippen LogP contribution in [-0.2, 0) is 19.7 Å². The zero-order chi connectivity index (χ0) is 20.4. The summed E-state index contributed by atoms with van der Waals surface area (Å²) in [5.41, 5.74) is 0.597. The summed E-state index contributed by atoms with van der Waals surface area (Å²) in [4.78, 5) is 2.48. The summed E-state index contributed by atoms with van der Waals surface area (Å²) < 4.78 is 40.5. The number of nitrogens with zero attached hydrogens (tertiary/aromatic N) is 2. The van der Waals surface area contributed by atoms with Gasteiger partial charge in [-0.2, -0.15) is 12.7 Å². The van der Waals surface area contributed by atoms with E-state index in [1.807, 2.05) is 18.2 Å². The normalized spacial score (nSPS) is 20.0. The molecule has 0 saturated carbocycles. The van der Waals surface area contributed by atoms with Gasteiger partial charge in [-0.3, -0.25) is 9.62 Å². The molecule has 164 valence electrons. The van der Waals surface area contributed by atoms with Gasteiger partial charge < -0.3 is 9.47 Å². The van der Waals surface area contributed by atoms with Gasteiger partial charge in [-0.1, -0.05) is 31.0 Å². The molecule has 29 heavy (non-hydrogen) atoms. The molecule has 1 aromatic rings. The summed E-state index contributed by atoms with van der Waals surface area (Å²) in [6, 6.07) is 9.02. The molecule has 2 saturated heterocycles. The first-order valence-electron chi connectivity index (χ1n) is 10.9. The number of hydrogen-bond acceptors (Lipinski definition) is 5. The van der Waals surface area contributed by atoms with Crippen molar-refractivity contribution in [2.45, 2.75) is 44.6 Å². The van der Waals surface area contributed by atoms with Crippen molar-refractivity contribution in [1.82, 2.24) is 9.21 Å². The fourth-order valence-corrected chi connectivity index (χ4v) is 5.08. The quantitative estimate of drug-likeness (QED) is 0.552. The lowest BCUT2D eigenvalue weighted by atomic mass is 10.1. The van der Waals surface area contributed by atoms with Gasteiger partial charge in [0.25, 0.3) is 0 Å². The van der Waals surface area contributed by atoms with Crippen molar-refractivity contribution in [2.24, 2.45) is 0 Å². The number of rotatable bonds is 11. The minimum Gasteiger partial charge on any atom is -0.379 e. The molecule has 2 aliphatic rings. The number of hydrogen-bond donors (Lipinski definition) is 1. The van der Waals surface area contributed by atoms with Gasteiger partial charge in [-0.15, -0.1) is 0 Å². The predicted octanol–water partition coefficient (Wildman–Crippen LogP) is 2.72. The van der Waals surface area contributed by atoms with E-state index in [1.54, 1.807) is 12.1 Å². The maximum absolute atomic E-state index is 12.5. The third-order valence-electron chi connectivity index (χ3n) is 5.59. The molecule has 0 amide bonds. The lowest BCUT2D eigenvalue weighted by molar-refractivity contribution is 0.0189. The van der Waals surface area contributed by atoms with Crippen LogP contribution in [0.1, 0.15) is 38.5 Å². The minimum atomic E-state index is -3.49. The van der Waals surface area contributed by atoms with Crippen LogP contribution in [0, 0.1) is 0 Å². The SMILES string of the molecule is O=S(=O)(Nc1ccccc1)N1CCC(OCCCCCCN2CCOCC2)CC1. The van der Waals surface area contributed by atoms with Crippen LogP contribution >= 0.6 is 0 Å². The molecular formula is C21H35N3O4S. The van der Waals surface area contributed by atoms with Crippen molar-refractivity contribution in [2.75, 3.05) is 57.3 Å². The van der Waals surface area contributed by atoms with E-state index in [9.17, 15) is 8.42 Å². The number of piperidine rings is 1. The van der Waals surface area contributed by atoms with Crippen LogP contribution in [0.5, 0.6) is 0 Å². The summed E-state index contributed by atoms with van der Waals surface area (Å²) in [6.45, 7) is 6.84. The third-order valence-corrected chi connectivity index (χ3v) is 7.13. The van der Waals surface area contributed by atoms with Crippen molar-refractivity contribution >= 4 is 15.9 Å². The summed E-state index contributed by atoms with van der Waals surface area (Å²) in [5.74, 6) is 0. The first kappa shape index (κ1) is 22.5. The highest BCUT2D eigenvalue weighted by Gasteiger charge is 2.28. The van der Waals surface area contributed by atoms with E-state index in [2.05, 4.69) is 9.62 Å². The molecule has 0 aromatic heterocycles. The zero-order valence-electron chi connectivity index (χ0n) is 17.3. The monoisotopic (exact) mass is 425 g/mol. The molecule has 0 aliphatic carbocycles. The number of anilines is 1. The minimum absolute atomic E-state index is 0.173. The molecule has 3 rings (SSSR count). The first-order valence-corrected chi connectivity index (χ1v) is 12.3. The number of ether oxygens (including phenoxy) is 2. The topological polar surface area (TPSA) is 71.1 Å². The highest BCUT2D eigenvalue weighted by molar-refractivity contribution is 7.90. The van der Waals surface area contributed by atoms with E-state index in [-0.39, 0.29) is 6.10 Å². The predicted molar refractivity (Wildman–Crippen MR) is 115 cm³/mol. The number of nitrogens with one attached hydrogen (secondary N) is 1. The van der Waals surface area contributed by atoms with Crippen LogP contribution in [-0.4, -0.2) is 76.3 Å². The maximum Gasteiger partial charge on any atom is 0.301 e. The number of para-hydroxylation sites is 1. The molecule has 0 atom stereocenters. The van der Waals surface area contributed by atoms with Gasteiger partial charge >= 0.3 is 10.2 Å². The molecule has 8 heteroatoms. The van der Waals surface area contributed by atoms with Crippen LogP contribution in [0.3, 0.4) is 0 Å². The maximum atomic E-state index is 12.5. The van der Waals surface area contributed by atoms with Gasteiger partial charge in [0, 0.05) is 38.5 Å². The zero-order valence-corrected chi connectivity index (χ0v) is 18.1. The van der Waals surface area contributed by atoms with Gasteiger partial charge in [0.2, 0.25) is 0 Å². The highest BCUT2D eigenvalue weighted by atomic mass is 32.2. The summed E-state index contributed by atoms with van der Waals surface area (Å²) in [7, 11) is -3.49. The van der Waals surface area contributed by atoms with Gasteiger partial charge in [0.05, 0.1) is 19.3 Å². The average Bonchev–Trinajstić information content (AvgIpc) is 2.74. The molecule has 0 spiro atoms.